The van der Waals surface area contributed by atoms with Crippen LogP contribution < -0.4 is 0 Å². The molecular formula is C12H14N2. The first kappa shape index (κ1) is 9.00. The van der Waals surface area contributed by atoms with Gasteiger partial charge in [0.2, 0.25) is 0 Å². The summed E-state index contributed by atoms with van der Waals surface area (Å²) >= 11 is 0. The fourth-order valence-electron chi connectivity index (χ4n) is 1.46. The van der Waals surface area contributed by atoms with Crippen LogP contribution in [0.3, 0.4) is 0 Å². The van der Waals surface area contributed by atoms with Gasteiger partial charge in [0.1, 0.15) is 0 Å². The van der Waals surface area contributed by atoms with E-state index < -0.39 is 0 Å². The van der Waals surface area contributed by atoms with E-state index in [1.807, 2.05) is 6.07 Å². The van der Waals surface area contributed by atoms with Crippen LogP contribution in [0.1, 0.15) is 25.3 Å². The molecule has 0 atom stereocenters. The van der Waals surface area contributed by atoms with Crippen LogP contribution in [0.4, 0.5) is 0 Å². The molecule has 2 heteroatoms. The highest BCUT2D eigenvalue weighted by Crippen LogP contribution is 2.20. The lowest BCUT2D eigenvalue weighted by molar-refractivity contribution is 0.867. The number of hydrogen-bond donors (Lipinski definition) is 1. The minimum Gasteiger partial charge on any atom is -0.278 e. The molecule has 1 aromatic heterocycles. The molecule has 2 aromatic rings. The Balaban J connectivity index is 2.31. The predicted octanol–water partition coefficient (Wildman–Crippen LogP) is 3.20. The zero-order chi connectivity index (χ0) is 9.97. The minimum absolute atomic E-state index is 0.589. The molecule has 0 bridgehead atoms. The highest BCUT2D eigenvalue weighted by atomic mass is 15.1. The van der Waals surface area contributed by atoms with Crippen molar-refractivity contribution in [3.63, 3.8) is 0 Å². The van der Waals surface area contributed by atoms with Gasteiger partial charge in [-0.2, -0.15) is 5.10 Å². The van der Waals surface area contributed by atoms with Crippen LogP contribution >= 0.6 is 0 Å². The maximum absolute atomic E-state index is 3.93. The van der Waals surface area contributed by atoms with Crippen LogP contribution in [0.5, 0.6) is 0 Å². The van der Waals surface area contributed by atoms with Gasteiger partial charge >= 0.3 is 0 Å². The Hall–Kier alpha value is -1.57. The molecule has 0 radical (unpaired) electrons. The van der Waals surface area contributed by atoms with Crippen molar-refractivity contribution in [1.82, 2.24) is 10.2 Å². The summed E-state index contributed by atoms with van der Waals surface area (Å²) in [6, 6.07) is 10.6. The van der Waals surface area contributed by atoms with Crippen LogP contribution in [-0.2, 0) is 0 Å². The molecule has 2 rings (SSSR count). The third kappa shape index (κ3) is 1.69. The molecule has 0 aliphatic heterocycles. The number of hydrogen-bond acceptors (Lipinski definition) is 1. The van der Waals surface area contributed by atoms with E-state index in [0.29, 0.717) is 5.92 Å². The summed E-state index contributed by atoms with van der Waals surface area (Å²) in [5, 5.41) is 6.88. The summed E-state index contributed by atoms with van der Waals surface area (Å²) in [6.45, 7) is 4.40. The van der Waals surface area contributed by atoms with E-state index in [1.165, 1.54) is 11.1 Å². The molecular weight excluding hydrogens is 172 g/mol. The lowest BCUT2D eigenvalue weighted by atomic mass is 10.0. The van der Waals surface area contributed by atoms with Gasteiger partial charge in [-0.05, 0) is 23.1 Å². The van der Waals surface area contributed by atoms with Gasteiger partial charge in [-0.3, -0.25) is 5.10 Å². The second-order valence-corrected chi connectivity index (χ2v) is 3.75. The van der Waals surface area contributed by atoms with Crippen LogP contribution in [0, 0.1) is 0 Å². The number of nitrogens with zero attached hydrogens (tertiary/aromatic N) is 1. The van der Waals surface area contributed by atoms with Gasteiger partial charge in [-0.25, -0.2) is 0 Å². The number of aromatic amines is 1. The molecule has 1 N–H and O–H groups in total. The molecule has 0 spiro atoms. The van der Waals surface area contributed by atoms with E-state index in [1.54, 1.807) is 6.20 Å². The number of H-pyrrole nitrogens is 1. The van der Waals surface area contributed by atoms with Crippen molar-refractivity contribution >= 4 is 0 Å². The van der Waals surface area contributed by atoms with Gasteiger partial charge in [0.25, 0.3) is 0 Å². The van der Waals surface area contributed by atoms with Gasteiger partial charge in [0, 0.05) is 6.20 Å². The molecule has 0 unspecified atom stereocenters. The number of benzene rings is 1. The molecule has 0 amide bonds. The summed E-state index contributed by atoms with van der Waals surface area (Å²) < 4.78 is 0. The molecule has 14 heavy (non-hydrogen) atoms. The second kappa shape index (κ2) is 3.66. The van der Waals surface area contributed by atoms with E-state index >= 15 is 0 Å². The summed E-state index contributed by atoms with van der Waals surface area (Å²) in [4.78, 5) is 0. The Kier molecular flexibility index (Phi) is 2.35. The standard InChI is InChI=1S/C12H14N2/c1-9(2)10-3-5-11(6-4-10)12-7-8-13-14-12/h3-9H,1-2H3,(H,13,14). The number of aromatic nitrogens is 2. The highest BCUT2D eigenvalue weighted by Gasteiger charge is 2.00. The van der Waals surface area contributed by atoms with Crippen LogP contribution in [0.2, 0.25) is 0 Å². The third-order valence-corrected chi connectivity index (χ3v) is 2.39. The average Bonchev–Trinajstić information content (AvgIpc) is 2.71. The summed E-state index contributed by atoms with van der Waals surface area (Å²) in [7, 11) is 0. The molecule has 72 valence electrons. The van der Waals surface area contributed by atoms with Gasteiger partial charge < -0.3 is 0 Å². The van der Waals surface area contributed by atoms with Crippen molar-refractivity contribution in [3.8, 4) is 11.3 Å². The van der Waals surface area contributed by atoms with Gasteiger partial charge in [0.15, 0.2) is 0 Å². The first-order valence-corrected chi connectivity index (χ1v) is 4.87. The van der Waals surface area contributed by atoms with E-state index in [9.17, 15) is 0 Å². The summed E-state index contributed by atoms with van der Waals surface area (Å²) in [5.74, 6) is 0.589. The number of rotatable bonds is 2. The topological polar surface area (TPSA) is 28.7 Å². The Morgan fingerprint density at radius 3 is 2.29 bits per heavy atom. The number of nitrogens with one attached hydrogen (secondary N) is 1. The third-order valence-electron chi connectivity index (χ3n) is 2.39. The molecule has 1 aromatic carbocycles. The van der Waals surface area contributed by atoms with Crippen molar-refractivity contribution in [3.05, 3.63) is 42.1 Å². The largest absolute Gasteiger partial charge is 0.278 e. The Labute approximate surface area is 84.0 Å². The SMILES string of the molecule is CC(C)c1ccc(-c2ccn[nH]2)cc1. The smallest absolute Gasteiger partial charge is 0.0650 e. The van der Waals surface area contributed by atoms with Crippen LogP contribution in [0.15, 0.2) is 36.5 Å². The van der Waals surface area contributed by atoms with Crippen molar-refractivity contribution in [2.75, 3.05) is 0 Å². The maximum atomic E-state index is 3.93. The Bertz CT molecular complexity index is 385. The molecule has 0 saturated carbocycles. The first-order valence-electron chi connectivity index (χ1n) is 4.87. The fraction of sp³-hybridized carbons (Fsp3) is 0.250. The van der Waals surface area contributed by atoms with E-state index in [4.69, 9.17) is 0 Å². The fourth-order valence-corrected chi connectivity index (χ4v) is 1.46. The Morgan fingerprint density at radius 2 is 1.79 bits per heavy atom. The first-order chi connectivity index (χ1) is 6.77. The molecule has 2 nitrogen and oxygen atoms in total. The Morgan fingerprint density at radius 1 is 1.07 bits per heavy atom. The summed E-state index contributed by atoms with van der Waals surface area (Å²) in [5.41, 5.74) is 3.63. The minimum atomic E-state index is 0.589. The zero-order valence-corrected chi connectivity index (χ0v) is 8.49. The second-order valence-electron chi connectivity index (χ2n) is 3.75. The lowest BCUT2D eigenvalue weighted by Crippen LogP contribution is -1.86. The zero-order valence-electron chi connectivity index (χ0n) is 8.49. The van der Waals surface area contributed by atoms with E-state index in [-0.39, 0.29) is 0 Å². The monoisotopic (exact) mass is 186 g/mol. The van der Waals surface area contributed by atoms with Crippen molar-refractivity contribution in [2.45, 2.75) is 19.8 Å². The van der Waals surface area contributed by atoms with Crippen molar-refractivity contribution < 1.29 is 0 Å². The van der Waals surface area contributed by atoms with E-state index in [0.717, 1.165) is 5.69 Å². The van der Waals surface area contributed by atoms with Gasteiger partial charge in [-0.1, -0.05) is 38.1 Å². The predicted molar refractivity (Wildman–Crippen MR) is 58.1 cm³/mol. The van der Waals surface area contributed by atoms with Crippen molar-refractivity contribution in [2.24, 2.45) is 0 Å². The molecule has 0 aliphatic carbocycles. The molecule has 0 aliphatic rings. The normalized spacial score (nSPS) is 10.8. The van der Waals surface area contributed by atoms with Gasteiger partial charge in [0.05, 0.1) is 5.69 Å². The quantitative estimate of drug-likeness (QED) is 0.766. The molecule has 1 heterocycles. The molecule has 0 fully saturated rings. The van der Waals surface area contributed by atoms with Gasteiger partial charge in [-0.15, -0.1) is 0 Å². The maximum Gasteiger partial charge on any atom is 0.0650 e. The lowest BCUT2D eigenvalue weighted by Gasteiger charge is -2.05. The van der Waals surface area contributed by atoms with Crippen molar-refractivity contribution in [1.29, 1.82) is 0 Å². The van der Waals surface area contributed by atoms with E-state index in [2.05, 4.69) is 48.3 Å². The summed E-state index contributed by atoms with van der Waals surface area (Å²) in [6.07, 6.45) is 1.77. The molecule has 0 saturated heterocycles. The van der Waals surface area contributed by atoms with Crippen LogP contribution in [-0.4, -0.2) is 10.2 Å². The highest BCUT2D eigenvalue weighted by molar-refractivity contribution is 5.58. The average molecular weight is 186 g/mol. The van der Waals surface area contributed by atoms with Crippen LogP contribution in [0.25, 0.3) is 11.3 Å².